The van der Waals surface area contributed by atoms with Crippen LogP contribution in [0.3, 0.4) is 0 Å². The van der Waals surface area contributed by atoms with E-state index in [0.717, 1.165) is 45.1 Å². The Morgan fingerprint density at radius 2 is 1.85 bits per heavy atom. The fraction of sp³-hybridized carbons (Fsp3) is 1.00. The van der Waals surface area contributed by atoms with Crippen molar-refractivity contribution in [3.8, 4) is 0 Å². The van der Waals surface area contributed by atoms with Crippen LogP contribution in [0.5, 0.6) is 0 Å². The van der Waals surface area contributed by atoms with Gasteiger partial charge in [0.2, 0.25) is 0 Å². The Hall–Kier alpha value is 0.0169. The molecule has 1 aliphatic heterocycles. The highest BCUT2D eigenvalue weighted by Gasteiger charge is 2.46. The average Bonchev–Trinajstić information content (AvgIpc) is 2.94. The Labute approximate surface area is 166 Å². The van der Waals surface area contributed by atoms with Crippen molar-refractivity contribution < 1.29 is 24.1 Å². The third kappa shape index (κ3) is 6.25. The van der Waals surface area contributed by atoms with Crippen LogP contribution in [0.25, 0.3) is 0 Å². The predicted octanol–water partition coefficient (Wildman–Crippen LogP) is 3.94. The molecule has 2 N–H and O–H groups in total. The van der Waals surface area contributed by atoms with Gasteiger partial charge in [-0.25, -0.2) is 0 Å². The number of ether oxygens (including phenoxy) is 2. The Bertz CT molecular complexity index is 431. The zero-order valence-corrected chi connectivity index (χ0v) is 19.1. The van der Waals surface area contributed by atoms with Crippen LogP contribution in [0, 0.1) is 17.8 Å². The largest absolute Gasteiger partial charge is 0.416 e. The van der Waals surface area contributed by atoms with E-state index in [0.29, 0.717) is 12.5 Å². The molecule has 2 rings (SSSR count). The molecule has 0 aromatic rings. The molecule has 1 saturated carbocycles. The minimum Gasteiger partial charge on any atom is -0.416 e. The molecular weight excluding hydrogens is 360 g/mol. The van der Waals surface area contributed by atoms with Crippen molar-refractivity contribution in [2.75, 3.05) is 26.4 Å². The van der Waals surface area contributed by atoms with E-state index in [-0.39, 0.29) is 42.5 Å². The summed E-state index contributed by atoms with van der Waals surface area (Å²) in [6, 6.07) is 0. The van der Waals surface area contributed by atoms with E-state index < -0.39 is 8.32 Å². The van der Waals surface area contributed by atoms with Crippen LogP contribution in [-0.2, 0) is 13.9 Å². The highest BCUT2D eigenvalue weighted by atomic mass is 28.4. The molecule has 6 heteroatoms. The van der Waals surface area contributed by atoms with Gasteiger partial charge in [-0.1, -0.05) is 20.8 Å². The number of aliphatic hydroxyl groups excluding tert-OH is 2. The van der Waals surface area contributed by atoms with Crippen LogP contribution in [0.15, 0.2) is 0 Å². The van der Waals surface area contributed by atoms with Gasteiger partial charge in [0.25, 0.3) is 0 Å². The van der Waals surface area contributed by atoms with Gasteiger partial charge in [-0.3, -0.25) is 0 Å². The summed E-state index contributed by atoms with van der Waals surface area (Å²) in [7, 11) is -1.85. The van der Waals surface area contributed by atoms with E-state index in [1.807, 2.05) is 0 Å². The maximum absolute atomic E-state index is 9.95. The fourth-order valence-electron chi connectivity index (χ4n) is 4.18. The van der Waals surface area contributed by atoms with Gasteiger partial charge in [-0.15, -0.1) is 0 Å². The van der Waals surface area contributed by atoms with E-state index in [4.69, 9.17) is 13.9 Å². The monoisotopic (exact) mass is 402 g/mol. The third-order valence-corrected chi connectivity index (χ3v) is 11.5. The summed E-state index contributed by atoms with van der Waals surface area (Å²) in [6.07, 6.45) is 5.72. The zero-order valence-electron chi connectivity index (χ0n) is 18.1. The van der Waals surface area contributed by atoms with Gasteiger partial charge in [0.1, 0.15) is 0 Å². The molecule has 160 valence electrons. The first-order valence-electron chi connectivity index (χ1n) is 10.8. The molecular formula is C21H42O5Si. The molecule has 1 unspecified atom stereocenters. The first-order chi connectivity index (χ1) is 12.7. The maximum Gasteiger partial charge on any atom is 0.191 e. The fourth-order valence-corrected chi connectivity index (χ4v) is 5.22. The molecule has 1 heterocycles. The Kier molecular flexibility index (Phi) is 8.77. The van der Waals surface area contributed by atoms with Gasteiger partial charge in [-0.2, -0.15) is 0 Å². The van der Waals surface area contributed by atoms with Crippen molar-refractivity contribution in [2.24, 2.45) is 17.8 Å². The SMILES string of the molecule is CC(C)(C)[Si](C)(C)OC[C@H]1[C@H](CCCO)[C@H](CO)C[C@@H]1OC1CCCCO1. The van der Waals surface area contributed by atoms with Crippen LogP contribution in [-0.4, -0.2) is 57.4 Å². The second-order valence-electron chi connectivity index (χ2n) is 9.91. The summed E-state index contributed by atoms with van der Waals surface area (Å²) in [4.78, 5) is 0. The van der Waals surface area contributed by atoms with E-state index in [1.165, 1.54) is 0 Å². The number of rotatable bonds is 9. The summed E-state index contributed by atoms with van der Waals surface area (Å²) in [6.45, 7) is 13.2. The van der Waals surface area contributed by atoms with E-state index in [2.05, 4.69) is 33.9 Å². The highest BCUT2D eigenvalue weighted by Crippen LogP contribution is 2.44. The molecule has 0 bridgehead atoms. The Morgan fingerprint density at radius 1 is 1.11 bits per heavy atom. The van der Waals surface area contributed by atoms with Gasteiger partial charge in [0.15, 0.2) is 14.6 Å². The number of hydrogen-bond acceptors (Lipinski definition) is 5. The lowest BCUT2D eigenvalue weighted by Crippen LogP contribution is -2.44. The molecule has 0 aromatic heterocycles. The van der Waals surface area contributed by atoms with Crippen LogP contribution in [0.4, 0.5) is 0 Å². The zero-order chi connectivity index (χ0) is 20.1. The van der Waals surface area contributed by atoms with Gasteiger partial charge in [-0.05, 0) is 68.5 Å². The van der Waals surface area contributed by atoms with Crippen LogP contribution in [0.1, 0.15) is 59.3 Å². The van der Waals surface area contributed by atoms with Crippen LogP contribution in [0.2, 0.25) is 18.1 Å². The van der Waals surface area contributed by atoms with Gasteiger partial charge in [0, 0.05) is 32.3 Å². The minimum absolute atomic E-state index is 0.0683. The molecule has 0 aromatic carbocycles. The normalized spacial score (nSPS) is 32.8. The van der Waals surface area contributed by atoms with Crippen LogP contribution >= 0.6 is 0 Å². The average molecular weight is 403 g/mol. The predicted molar refractivity (Wildman–Crippen MR) is 110 cm³/mol. The van der Waals surface area contributed by atoms with Crippen LogP contribution < -0.4 is 0 Å². The van der Waals surface area contributed by atoms with Crippen molar-refractivity contribution in [3.63, 3.8) is 0 Å². The molecule has 1 aliphatic carbocycles. The summed E-state index contributed by atoms with van der Waals surface area (Å²) < 4.78 is 18.8. The first kappa shape index (κ1) is 23.3. The Balaban J connectivity index is 2.09. The molecule has 5 atom stereocenters. The minimum atomic E-state index is -1.85. The first-order valence-corrected chi connectivity index (χ1v) is 13.7. The lowest BCUT2D eigenvalue weighted by atomic mass is 9.86. The third-order valence-electron chi connectivity index (χ3n) is 7.01. The summed E-state index contributed by atoms with van der Waals surface area (Å²) in [5.74, 6) is 0.812. The number of hydrogen-bond donors (Lipinski definition) is 2. The second-order valence-corrected chi connectivity index (χ2v) is 14.7. The van der Waals surface area contributed by atoms with Crippen molar-refractivity contribution in [1.82, 2.24) is 0 Å². The van der Waals surface area contributed by atoms with Crippen molar-refractivity contribution in [3.05, 3.63) is 0 Å². The van der Waals surface area contributed by atoms with Gasteiger partial charge < -0.3 is 24.1 Å². The summed E-state index contributed by atoms with van der Waals surface area (Å²) in [5, 5.41) is 19.5. The molecule has 0 amide bonds. The standard InChI is InChI=1S/C21H42O5Si/c1-21(2,3)27(4,5)25-15-18-17(9-8-11-22)16(14-23)13-19(18)26-20-10-6-7-12-24-20/h16-20,22-23H,6-15H2,1-5H3/t16-,17+,18-,19-,20?/m0/s1. The molecule has 2 aliphatic rings. The van der Waals surface area contributed by atoms with Crippen molar-refractivity contribution in [2.45, 2.75) is 89.8 Å². The molecule has 5 nitrogen and oxygen atoms in total. The summed E-state index contributed by atoms with van der Waals surface area (Å²) in [5.41, 5.74) is 0. The van der Waals surface area contributed by atoms with E-state index >= 15 is 0 Å². The molecule has 2 fully saturated rings. The lowest BCUT2D eigenvalue weighted by molar-refractivity contribution is -0.197. The van der Waals surface area contributed by atoms with Crippen molar-refractivity contribution >= 4 is 8.32 Å². The smallest absolute Gasteiger partial charge is 0.191 e. The highest BCUT2D eigenvalue weighted by molar-refractivity contribution is 6.74. The van der Waals surface area contributed by atoms with E-state index in [1.54, 1.807) is 0 Å². The van der Waals surface area contributed by atoms with E-state index in [9.17, 15) is 10.2 Å². The lowest BCUT2D eigenvalue weighted by Gasteiger charge is -2.39. The molecule has 27 heavy (non-hydrogen) atoms. The maximum atomic E-state index is 9.95. The molecule has 0 radical (unpaired) electrons. The summed E-state index contributed by atoms with van der Waals surface area (Å²) >= 11 is 0. The molecule has 0 spiro atoms. The topological polar surface area (TPSA) is 68.2 Å². The van der Waals surface area contributed by atoms with Gasteiger partial charge in [0.05, 0.1) is 6.10 Å². The quantitative estimate of drug-likeness (QED) is 0.572. The number of aliphatic hydroxyl groups is 2. The molecule has 1 saturated heterocycles. The second kappa shape index (κ2) is 10.2. The van der Waals surface area contributed by atoms with Crippen molar-refractivity contribution in [1.29, 1.82) is 0 Å². The Morgan fingerprint density at radius 3 is 2.41 bits per heavy atom. The van der Waals surface area contributed by atoms with Gasteiger partial charge >= 0.3 is 0 Å².